The zero-order chi connectivity index (χ0) is 19.9. The highest BCUT2D eigenvalue weighted by Crippen LogP contribution is 2.55. The lowest BCUT2D eigenvalue weighted by molar-refractivity contribution is 0.319. The number of benzene rings is 4. The quantitative estimate of drug-likeness (QED) is 0.215. The van der Waals surface area contributed by atoms with Crippen LogP contribution in [0.2, 0.25) is 0 Å². The molecule has 4 rings (SSSR count). The Labute approximate surface area is 172 Å². The van der Waals surface area contributed by atoms with Gasteiger partial charge in [-0.3, -0.25) is 0 Å². The van der Waals surface area contributed by atoms with Crippen LogP contribution in [0.3, 0.4) is 0 Å². The van der Waals surface area contributed by atoms with Crippen LogP contribution >= 0.6 is 7.26 Å². The Morgan fingerprint density at radius 1 is 0.552 bits per heavy atom. The van der Waals surface area contributed by atoms with Gasteiger partial charge in [0.1, 0.15) is 35.0 Å². The van der Waals surface area contributed by atoms with Crippen molar-refractivity contribution in [2.24, 2.45) is 5.16 Å². The average Bonchev–Trinajstić information content (AvgIpc) is 2.82. The van der Waals surface area contributed by atoms with E-state index in [0.717, 1.165) is 5.56 Å². The van der Waals surface area contributed by atoms with Gasteiger partial charge in [-0.25, -0.2) is 0 Å². The van der Waals surface area contributed by atoms with Gasteiger partial charge in [-0.2, -0.15) is 0 Å². The van der Waals surface area contributed by atoms with E-state index < -0.39 is 7.26 Å². The first-order valence-electron chi connectivity index (χ1n) is 9.66. The summed E-state index contributed by atoms with van der Waals surface area (Å²) in [6.45, 7) is 0. The van der Waals surface area contributed by atoms with Gasteiger partial charge in [0.25, 0.3) is 0 Å². The van der Waals surface area contributed by atoms with Crippen LogP contribution in [0, 0.1) is 0 Å². The molecule has 3 heteroatoms. The minimum absolute atomic E-state index is 0.644. The van der Waals surface area contributed by atoms with Crippen LogP contribution in [0.15, 0.2) is 126 Å². The third-order valence-corrected chi connectivity index (χ3v) is 9.52. The first-order chi connectivity index (χ1) is 14.3. The predicted molar refractivity (Wildman–Crippen MR) is 125 cm³/mol. The number of rotatable bonds is 6. The molecule has 4 aromatic rings. The fourth-order valence-electron chi connectivity index (χ4n) is 3.80. The molecule has 0 fully saturated rings. The molecule has 0 aromatic heterocycles. The normalized spacial score (nSPS) is 11.9. The van der Waals surface area contributed by atoms with E-state index in [9.17, 15) is 5.21 Å². The van der Waals surface area contributed by atoms with Crippen LogP contribution in [0.25, 0.3) is 0 Å². The molecule has 29 heavy (non-hydrogen) atoms. The second-order valence-corrected chi connectivity index (χ2v) is 10.4. The van der Waals surface area contributed by atoms with Gasteiger partial charge in [0, 0.05) is 5.56 Å². The summed E-state index contributed by atoms with van der Waals surface area (Å²) in [6.07, 6.45) is 0.644. The Hall–Kier alpha value is -3.22. The standard InChI is InChI=1S/C26H22NOP/c28-27-26(22-13-5-1-6-14-22)21-29(23-15-7-2-8-16-23,24-17-9-3-10-18-24)25-19-11-4-12-20-25/h1-20H,21H2/p+1/b27-26+. The van der Waals surface area contributed by atoms with Gasteiger partial charge >= 0.3 is 0 Å². The Kier molecular flexibility index (Phi) is 5.84. The van der Waals surface area contributed by atoms with Crippen LogP contribution in [0.1, 0.15) is 5.56 Å². The summed E-state index contributed by atoms with van der Waals surface area (Å²) in [5, 5.41) is 17.6. The van der Waals surface area contributed by atoms with Crippen molar-refractivity contribution < 1.29 is 5.21 Å². The third kappa shape index (κ3) is 3.85. The predicted octanol–water partition coefficient (Wildman–Crippen LogP) is 4.86. The Balaban J connectivity index is 1.98. The van der Waals surface area contributed by atoms with Gasteiger partial charge in [0.05, 0.1) is 0 Å². The van der Waals surface area contributed by atoms with Gasteiger partial charge in [0.2, 0.25) is 0 Å². The molecule has 0 spiro atoms. The Morgan fingerprint density at radius 3 is 1.24 bits per heavy atom. The molecule has 0 saturated heterocycles. The summed E-state index contributed by atoms with van der Waals surface area (Å²) < 4.78 is 0. The summed E-state index contributed by atoms with van der Waals surface area (Å²) in [6, 6.07) is 41.9. The second-order valence-electron chi connectivity index (χ2n) is 6.89. The number of hydrogen-bond acceptors (Lipinski definition) is 2. The van der Waals surface area contributed by atoms with Crippen molar-refractivity contribution in [3.8, 4) is 0 Å². The topological polar surface area (TPSA) is 32.6 Å². The van der Waals surface area contributed by atoms with Crippen molar-refractivity contribution in [2.45, 2.75) is 0 Å². The van der Waals surface area contributed by atoms with E-state index in [1.807, 2.05) is 48.5 Å². The molecular weight excluding hydrogens is 373 g/mol. The van der Waals surface area contributed by atoms with Gasteiger partial charge in [-0.05, 0) is 36.4 Å². The molecule has 0 heterocycles. The van der Waals surface area contributed by atoms with E-state index in [2.05, 4.69) is 78.0 Å². The molecule has 2 nitrogen and oxygen atoms in total. The summed E-state index contributed by atoms with van der Waals surface area (Å²) in [5.74, 6) is 0. The number of hydrogen-bond donors (Lipinski definition) is 1. The largest absolute Gasteiger partial charge is 0.411 e. The second kappa shape index (κ2) is 8.86. The maximum Gasteiger partial charge on any atom is 0.125 e. The van der Waals surface area contributed by atoms with Gasteiger partial charge in [-0.15, -0.1) is 0 Å². The fraction of sp³-hybridized carbons (Fsp3) is 0.0385. The zero-order valence-electron chi connectivity index (χ0n) is 16.1. The van der Waals surface area contributed by atoms with E-state index in [0.29, 0.717) is 11.9 Å². The molecule has 1 N–H and O–H groups in total. The fourth-order valence-corrected chi connectivity index (χ4v) is 7.98. The van der Waals surface area contributed by atoms with Crippen molar-refractivity contribution in [3.05, 3.63) is 127 Å². The molecular formula is C26H23NOP+. The van der Waals surface area contributed by atoms with Crippen LogP contribution < -0.4 is 15.9 Å². The van der Waals surface area contributed by atoms with Crippen molar-refractivity contribution in [2.75, 3.05) is 6.16 Å². The molecule has 0 radical (unpaired) electrons. The summed E-state index contributed by atoms with van der Waals surface area (Å²) in [4.78, 5) is 0. The van der Waals surface area contributed by atoms with E-state index in [1.54, 1.807) is 0 Å². The van der Waals surface area contributed by atoms with E-state index in [4.69, 9.17) is 0 Å². The minimum atomic E-state index is -2.08. The Morgan fingerprint density at radius 2 is 0.897 bits per heavy atom. The number of oxime groups is 1. The summed E-state index contributed by atoms with van der Waals surface area (Å²) >= 11 is 0. The first kappa shape index (κ1) is 19.1. The molecule has 0 atom stereocenters. The molecule has 0 aliphatic carbocycles. The summed E-state index contributed by atoms with van der Waals surface area (Å²) in [5.41, 5.74) is 1.65. The van der Waals surface area contributed by atoms with Crippen molar-refractivity contribution in [1.82, 2.24) is 0 Å². The zero-order valence-corrected chi connectivity index (χ0v) is 17.0. The highest BCUT2D eigenvalue weighted by atomic mass is 31.2. The molecule has 0 aliphatic rings. The molecule has 0 saturated carbocycles. The number of nitrogens with zero attached hydrogens (tertiary/aromatic N) is 1. The maximum absolute atomic E-state index is 9.99. The lowest BCUT2D eigenvalue weighted by Gasteiger charge is -2.28. The maximum atomic E-state index is 9.99. The van der Waals surface area contributed by atoms with Crippen LogP contribution in [-0.4, -0.2) is 17.1 Å². The van der Waals surface area contributed by atoms with Crippen molar-refractivity contribution in [1.29, 1.82) is 0 Å². The SMILES string of the molecule is O/N=C(\C[P+](c1ccccc1)(c1ccccc1)c1ccccc1)c1ccccc1. The van der Waals surface area contributed by atoms with Crippen molar-refractivity contribution >= 4 is 28.9 Å². The van der Waals surface area contributed by atoms with E-state index >= 15 is 0 Å². The van der Waals surface area contributed by atoms with Gasteiger partial charge < -0.3 is 5.21 Å². The van der Waals surface area contributed by atoms with Crippen molar-refractivity contribution in [3.63, 3.8) is 0 Å². The third-order valence-electron chi connectivity index (χ3n) is 5.21. The molecule has 0 bridgehead atoms. The lowest BCUT2D eigenvalue weighted by atomic mass is 10.1. The van der Waals surface area contributed by atoms with Gasteiger partial charge in [-0.1, -0.05) is 90.1 Å². The highest BCUT2D eigenvalue weighted by molar-refractivity contribution is 7.96. The smallest absolute Gasteiger partial charge is 0.125 e. The monoisotopic (exact) mass is 396 g/mol. The van der Waals surface area contributed by atoms with Crippen LogP contribution in [0.4, 0.5) is 0 Å². The van der Waals surface area contributed by atoms with Crippen LogP contribution in [0.5, 0.6) is 0 Å². The lowest BCUT2D eigenvalue weighted by Crippen LogP contribution is -2.36. The minimum Gasteiger partial charge on any atom is -0.411 e. The Bertz CT molecular complexity index is 968. The summed E-state index contributed by atoms with van der Waals surface area (Å²) in [7, 11) is -2.08. The van der Waals surface area contributed by atoms with E-state index in [-0.39, 0.29) is 0 Å². The van der Waals surface area contributed by atoms with Gasteiger partial charge in [0.15, 0.2) is 0 Å². The highest BCUT2D eigenvalue weighted by Gasteiger charge is 2.46. The molecule has 142 valence electrons. The molecule has 0 amide bonds. The average molecular weight is 396 g/mol. The molecule has 0 aliphatic heterocycles. The molecule has 0 unspecified atom stereocenters. The first-order valence-corrected chi connectivity index (χ1v) is 11.6. The molecule has 4 aromatic carbocycles. The van der Waals surface area contributed by atoms with Crippen LogP contribution in [-0.2, 0) is 0 Å². The van der Waals surface area contributed by atoms with E-state index in [1.165, 1.54) is 15.9 Å².